The summed E-state index contributed by atoms with van der Waals surface area (Å²) in [5.41, 5.74) is 1.91. The fraction of sp³-hybridized carbons (Fsp3) is 0.333. The molecule has 0 N–H and O–H groups in total. The lowest BCUT2D eigenvalue weighted by molar-refractivity contribution is 1.34. The van der Waals surface area contributed by atoms with Crippen molar-refractivity contribution in [1.82, 2.24) is 0 Å². The lowest BCUT2D eigenvalue weighted by Crippen LogP contribution is -2.28. The predicted molar refractivity (Wildman–Crippen MR) is 58.3 cm³/mol. The zero-order valence-corrected chi connectivity index (χ0v) is 9.57. The second-order valence-corrected chi connectivity index (χ2v) is 10.2. The molecule has 0 amide bonds. The summed E-state index contributed by atoms with van der Waals surface area (Å²) in [5.74, 6) is 0. The lowest BCUT2D eigenvalue weighted by atomic mass is 10.2. The maximum absolute atomic E-state index is 6.26. The molecule has 0 fully saturated rings. The van der Waals surface area contributed by atoms with E-state index in [1.165, 1.54) is 5.56 Å². The molecule has 0 spiro atoms. The maximum atomic E-state index is 6.26. The van der Waals surface area contributed by atoms with Crippen LogP contribution in [0.15, 0.2) is 30.3 Å². The summed E-state index contributed by atoms with van der Waals surface area (Å²) in [5, 5.41) is 0. The number of alkyl halides is 1. The van der Waals surface area contributed by atoms with E-state index in [1.54, 1.807) is 0 Å². The van der Waals surface area contributed by atoms with E-state index in [0.717, 1.165) is 6.04 Å². The van der Waals surface area contributed by atoms with E-state index < -0.39 is 7.38 Å². The van der Waals surface area contributed by atoms with Crippen molar-refractivity contribution in [2.75, 3.05) is 5.50 Å². The monoisotopic (exact) mass is 218 g/mol. The van der Waals surface area contributed by atoms with Crippen molar-refractivity contribution in [2.24, 2.45) is 0 Å². The van der Waals surface area contributed by atoms with E-state index in [2.05, 4.69) is 18.7 Å². The molecule has 66 valence electrons. The minimum atomic E-state index is -1.68. The molecule has 0 aliphatic heterocycles. The Hall–Kier alpha value is 0.0169. The Balaban J connectivity index is 2.64. The van der Waals surface area contributed by atoms with Gasteiger partial charge < -0.3 is 0 Å². The first-order chi connectivity index (χ1) is 5.64. The summed E-state index contributed by atoms with van der Waals surface area (Å²) in [6.07, 6.45) is 0. The summed E-state index contributed by atoms with van der Waals surface area (Å²) in [4.78, 5) is 0. The van der Waals surface area contributed by atoms with Crippen LogP contribution in [0.5, 0.6) is 0 Å². The highest BCUT2D eigenvalue weighted by molar-refractivity contribution is 7.21. The molecule has 1 rings (SSSR count). The normalized spacial score (nSPS) is 15.6. The SMILES string of the molecule is C[Si](Cl)(CCl)Cc1ccccc1. The molecule has 0 heterocycles. The van der Waals surface area contributed by atoms with Gasteiger partial charge in [0.1, 0.15) is 0 Å². The molecule has 1 aromatic carbocycles. The number of hydrogen-bond acceptors (Lipinski definition) is 0. The summed E-state index contributed by atoms with van der Waals surface area (Å²) in [6, 6.07) is 11.2. The van der Waals surface area contributed by atoms with Crippen molar-refractivity contribution in [3.8, 4) is 0 Å². The van der Waals surface area contributed by atoms with Crippen LogP contribution in [0.4, 0.5) is 0 Å². The Kier molecular flexibility index (Phi) is 3.63. The number of hydrogen-bond donors (Lipinski definition) is 0. The third kappa shape index (κ3) is 3.17. The van der Waals surface area contributed by atoms with Crippen molar-refractivity contribution in [3.05, 3.63) is 35.9 Å². The zero-order valence-electron chi connectivity index (χ0n) is 7.06. The van der Waals surface area contributed by atoms with Crippen LogP contribution in [-0.2, 0) is 6.04 Å². The Bertz CT molecular complexity index is 234. The number of halogens is 2. The molecule has 0 nitrogen and oxygen atoms in total. The van der Waals surface area contributed by atoms with Gasteiger partial charge in [-0.15, -0.1) is 11.6 Å². The van der Waals surface area contributed by atoms with Gasteiger partial charge in [0.2, 0.25) is 0 Å². The van der Waals surface area contributed by atoms with Crippen molar-refractivity contribution >= 4 is 30.1 Å². The number of benzene rings is 1. The molecule has 0 bridgehead atoms. The van der Waals surface area contributed by atoms with E-state index in [4.69, 9.17) is 22.7 Å². The second kappa shape index (κ2) is 4.31. The van der Waals surface area contributed by atoms with Gasteiger partial charge in [0, 0.05) is 5.50 Å². The first kappa shape index (κ1) is 10.1. The molecule has 0 aliphatic carbocycles. The van der Waals surface area contributed by atoms with Gasteiger partial charge in [0.25, 0.3) is 0 Å². The van der Waals surface area contributed by atoms with Gasteiger partial charge in [0.05, 0.1) is 0 Å². The van der Waals surface area contributed by atoms with Crippen LogP contribution in [-0.4, -0.2) is 12.9 Å². The number of rotatable bonds is 3. The first-order valence-corrected chi connectivity index (χ1v) is 8.39. The first-order valence-electron chi connectivity index (χ1n) is 3.93. The summed E-state index contributed by atoms with van der Waals surface area (Å²) >= 11 is 12.0. The summed E-state index contributed by atoms with van der Waals surface area (Å²) in [6.45, 7) is 2.09. The molecule has 1 unspecified atom stereocenters. The lowest BCUT2D eigenvalue weighted by Gasteiger charge is -2.15. The van der Waals surface area contributed by atoms with Crippen molar-refractivity contribution < 1.29 is 0 Å². The van der Waals surface area contributed by atoms with Crippen LogP contribution < -0.4 is 0 Å². The van der Waals surface area contributed by atoms with Crippen LogP contribution in [0.3, 0.4) is 0 Å². The van der Waals surface area contributed by atoms with Crippen LogP contribution in [0.25, 0.3) is 0 Å². The van der Waals surface area contributed by atoms with Gasteiger partial charge in [-0.25, -0.2) is 0 Å². The molecule has 0 aromatic heterocycles. The van der Waals surface area contributed by atoms with E-state index in [-0.39, 0.29) is 0 Å². The predicted octanol–water partition coefficient (Wildman–Crippen LogP) is 3.36. The average Bonchev–Trinajstić information content (AvgIpc) is 2.06. The van der Waals surface area contributed by atoms with Gasteiger partial charge in [-0.2, -0.15) is 11.1 Å². The quantitative estimate of drug-likeness (QED) is 0.415. The fourth-order valence-corrected chi connectivity index (χ4v) is 3.00. The molecule has 0 aliphatic rings. The third-order valence-corrected chi connectivity index (χ3v) is 6.38. The van der Waals surface area contributed by atoms with Crippen LogP contribution >= 0.6 is 22.7 Å². The fourth-order valence-electron chi connectivity index (χ4n) is 1.07. The average molecular weight is 219 g/mol. The molecule has 0 saturated heterocycles. The van der Waals surface area contributed by atoms with Gasteiger partial charge in [-0.05, 0) is 11.6 Å². The molecular formula is C9H12Cl2Si. The Morgan fingerprint density at radius 3 is 2.33 bits per heavy atom. The van der Waals surface area contributed by atoms with Crippen molar-refractivity contribution in [2.45, 2.75) is 12.6 Å². The molecule has 0 radical (unpaired) electrons. The van der Waals surface area contributed by atoms with Crippen molar-refractivity contribution in [1.29, 1.82) is 0 Å². The minimum Gasteiger partial charge on any atom is -0.166 e. The zero-order chi connectivity index (χ0) is 9.03. The van der Waals surface area contributed by atoms with E-state index in [1.807, 2.05) is 18.2 Å². The highest BCUT2D eigenvalue weighted by Crippen LogP contribution is 2.17. The minimum absolute atomic E-state index is 0.615. The van der Waals surface area contributed by atoms with Crippen molar-refractivity contribution in [3.63, 3.8) is 0 Å². The topological polar surface area (TPSA) is 0 Å². The standard InChI is InChI=1S/C9H12Cl2Si/c1-12(11,8-10)7-9-5-3-2-4-6-9/h2-6H,7-8H2,1H3. The molecule has 1 atom stereocenters. The molecule has 12 heavy (non-hydrogen) atoms. The Morgan fingerprint density at radius 1 is 1.25 bits per heavy atom. The molecular weight excluding hydrogens is 207 g/mol. The van der Waals surface area contributed by atoms with Gasteiger partial charge in [0.15, 0.2) is 7.38 Å². The summed E-state index contributed by atoms with van der Waals surface area (Å²) in [7, 11) is -1.68. The Labute approximate surface area is 84.2 Å². The van der Waals surface area contributed by atoms with Gasteiger partial charge in [-0.3, -0.25) is 0 Å². The Morgan fingerprint density at radius 2 is 1.83 bits per heavy atom. The van der Waals surface area contributed by atoms with E-state index >= 15 is 0 Å². The van der Waals surface area contributed by atoms with Gasteiger partial charge >= 0.3 is 0 Å². The van der Waals surface area contributed by atoms with E-state index in [9.17, 15) is 0 Å². The maximum Gasteiger partial charge on any atom is 0.172 e. The highest BCUT2D eigenvalue weighted by Gasteiger charge is 2.23. The molecule has 3 heteroatoms. The molecule has 1 aromatic rings. The van der Waals surface area contributed by atoms with Crippen LogP contribution in [0.1, 0.15) is 5.56 Å². The third-order valence-electron chi connectivity index (χ3n) is 1.69. The van der Waals surface area contributed by atoms with E-state index in [0.29, 0.717) is 5.50 Å². The highest BCUT2D eigenvalue weighted by atomic mass is 35.6. The second-order valence-electron chi connectivity index (χ2n) is 3.21. The van der Waals surface area contributed by atoms with Crippen LogP contribution in [0.2, 0.25) is 6.55 Å². The van der Waals surface area contributed by atoms with Gasteiger partial charge in [-0.1, -0.05) is 36.9 Å². The summed E-state index contributed by atoms with van der Waals surface area (Å²) < 4.78 is 0. The van der Waals surface area contributed by atoms with Crippen LogP contribution in [0, 0.1) is 0 Å². The molecule has 0 saturated carbocycles. The smallest absolute Gasteiger partial charge is 0.166 e. The largest absolute Gasteiger partial charge is 0.172 e.